The summed E-state index contributed by atoms with van der Waals surface area (Å²) in [7, 11) is 0. The molecule has 0 aliphatic carbocycles. The lowest BCUT2D eigenvalue weighted by molar-refractivity contribution is -0.144. The molecule has 28 nitrogen and oxygen atoms in total. The highest BCUT2D eigenvalue weighted by molar-refractivity contribution is 5.99. The van der Waals surface area contributed by atoms with Crippen LogP contribution in [0.1, 0.15) is 76.3 Å². The van der Waals surface area contributed by atoms with Crippen LogP contribution in [0.5, 0.6) is 11.5 Å². The molecule has 0 fully saturated rings. The summed E-state index contributed by atoms with van der Waals surface area (Å²) >= 11 is 0. The highest BCUT2D eigenvalue weighted by Gasteiger charge is 2.35. The molecule has 2 rings (SSSR count). The van der Waals surface area contributed by atoms with Gasteiger partial charge in [0.2, 0.25) is 53.2 Å². The fourth-order valence-electron chi connectivity index (χ4n) is 7.06. The minimum absolute atomic E-state index is 0.0703. The van der Waals surface area contributed by atoms with Crippen molar-refractivity contribution in [3.8, 4) is 11.5 Å². The summed E-state index contributed by atoms with van der Waals surface area (Å²) in [4.78, 5) is 155. The lowest BCUT2D eigenvalue weighted by atomic mass is 9.98. The van der Waals surface area contributed by atoms with Gasteiger partial charge in [-0.3, -0.25) is 52.7 Å². The lowest BCUT2D eigenvalue weighted by Crippen LogP contribution is -2.59. The standard InChI is InChI=1S/C47H67N11O17/c1-3-24(2)40(47(74)75)58-46(73)32(19-26-9-13-28(60)14-10-26)56-43(70)30(15-16-38(64)65)55-45(72)33(20-35(50)61)53-37(63)23-51-41(68)34(21-39(66)67)57-42(69)29(6-4-5-17-48)54-44(71)31(52-36(62)22-49)18-25-7-11-27(59)12-8-25/h7-14,24,29-34,40,59-60H,3-6,15-23,48-49H2,1-2H3,(H2,50,61)(H,51,68)(H,52,62)(H,53,63)(H,54,71)(H,55,72)(H,56,70)(H,57,69)(H,58,73)(H,64,65)(H,66,67)(H,74,75). The molecule has 19 N–H and O–H groups in total. The Labute approximate surface area is 430 Å². The topological polar surface area (TPSA) is 480 Å². The number of nitrogens with two attached hydrogens (primary N) is 3. The number of aliphatic carboxylic acids is 3. The third-order valence-corrected chi connectivity index (χ3v) is 11.4. The number of carbonyl (C=O) groups is 12. The number of hydrogen-bond acceptors (Lipinski definition) is 16. The number of nitrogens with one attached hydrogen (secondary N) is 8. The van der Waals surface area contributed by atoms with E-state index in [1.165, 1.54) is 48.5 Å². The molecule has 0 heterocycles. The van der Waals surface area contributed by atoms with Crippen LogP contribution in [0, 0.1) is 5.92 Å². The molecule has 0 aliphatic heterocycles. The zero-order chi connectivity index (χ0) is 56.4. The maximum Gasteiger partial charge on any atom is 0.326 e. The van der Waals surface area contributed by atoms with Crippen molar-refractivity contribution in [2.24, 2.45) is 23.1 Å². The van der Waals surface area contributed by atoms with Crippen molar-refractivity contribution in [2.45, 2.75) is 120 Å². The summed E-state index contributed by atoms with van der Waals surface area (Å²) in [6.07, 6.45) is -2.90. The number of amides is 9. The molecule has 412 valence electrons. The lowest BCUT2D eigenvalue weighted by Gasteiger charge is -2.27. The van der Waals surface area contributed by atoms with Gasteiger partial charge in [0, 0.05) is 19.3 Å². The normalized spacial score (nSPS) is 14.0. The molecule has 0 aromatic heterocycles. The minimum atomic E-state index is -1.91. The molecule has 0 bridgehead atoms. The zero-order valence-corrected chi connectivity index (χ0v) is 41.3. The monoisotopic (exact) mass is 1060 g/mol. The van der Waals surface area contributed by atoms with Crippen molar-refractivity contribution < 1.29 is 83.1 Å². The van der Waals surface area contributed by atoms with Gasteiger partial charge in [-0.1, -0.05) is 44.5 Å². The van der Waals surface area contributed by atoms with Crippen LogP contribution in [-0.4, -0.2) is 159 Å². The number of primary amides is 1. The Hall–Kier alpha value is -8.40. The third-order valence-electron chi connectivity index (χ3n) is 11.4. The maximum absolute atomic E-state index is 13.8. The summed E-state index contributed by atoms with van der Waals surface area (Å²) < 4.78 is 0. The summed E-state index contributed by atoms with van der Waals surface area (Å²) in [6.45, 7) is 1.91. The number of aromatic hydroxyl groups is 2. The number of benzene rings is 2. The number of phenols is 2. The number of carbonyl (C=O) groups excluding carboxylic acids is 9. The van der Waals surface area contributed by atoms with Crippen molar-refractivity contribution >= 4 is 71.1 Å². The number of hydrogen-bond donors (Lipinski definition) is 16. The second-order valence-electron chi connectivity index (χ2n) is 17.3. The van der Waals surface area contributed by atoms with Gasteiger partial charge in [-0.05, 0) is 73.5 Å². The van der Waals surface area contributed by atoms with Crippen LogP contribution in [0.2, 0.25) is 0 Å². The molecule has 0 radical (unpaired) electrons. The SMILES string of the molecule is CCC(C)C(NC(=O)C(Cc1ccc(O)cc1)NC(=O)C(CCC(=O)O)NC(=O)C(CC(N)=O)NC(=O)CNC(=O)C(CC(=O)O)NC(=O)C(CCCCN)NC(=O)C(Cc1ccc(O)cc1)NC(=O)CN)C(=O)O. The minimum Gasteiger partial charge on any atom is -0.508 e. The van der Waals surface area contributed by atoms with Gasteiger partial charge in [-0.2, -0.15) is 0 Å². The highest BCUT2D eigenvalue weighted by Crippen LogP contribution is 2.15. The van der Waals surface area contributed by atoms with E-state index in [1.54, 1.807) is 13.8 Å². The van der Waals surface area contributed by atoms with E-state index in [0.717, 1.165) is 0 Å². The molecule has 0 saturated carbocycles. The van der Waals surface area contributed by atoms with Crippen LogP contribution in [0.25, 0.3) is 0 Å². The van der Waals surface area contributed by atoms with Crippen molar-refractivity contribution in [3.05, 3.63) is 59.7 Å². The van der Waals surface area contributed by atoms with E-state index < -0.39 is 158 Å². The Kier molecular flexibility index (Phi) is 26.7. The van der Waals surface area contributed by atoms with Gasteiger partial charge in [-0.15, -0.1) is 0 Å². The first-order chi connectivity index (χ1) is 35.4. The largest absolute Gasteiger partial charge is 0.508 e. The van der Waals surface area contributed by atoms with E-state index in [9.17, 15) is 83.1 Å². The third kappa shape index (κ3) is 23.4. The van der Waals surface area contributed by atoms with Crippen LogP contribution in [0.3, 0.4) is 0 Å². The second kappa shape index (κ2) is 31.9. The molecule has 2 aromatic carbocycles. The van der Waals surface area contributed by atoms with E-state index in [1.807, 2.05) is 0 Å². The maximum atomic E-state index is 13.8. The molecule has 75 heavy (non-hydrogen) atoms. The summed E-state index contributed by atoms with van der Waals surface area (Å²) in [5.41, 5.74) is 17.3. The van der Waals surface area contributed by atoms with E-state index in [-0.39, 0.29) is 43.7 Å². The van der Waals surface area contributed by atoms with Crippen LogP contribution in [-0.2, 0) is 70.4 Å². The fourth-order valence-corrected chi connectivity index (χ4v) is 7.06. The first kappa shape index (κ1) is 62.7. The van der Waals surface area contributed by atoms with Crippen molar-refractivity contribution in [1.29, 1.82) is 0 Å². The number of phenolic OH excluding ortho intramolecular Hbond substituents is 2. The molecular weight excluding hydrogens is 991 g/mol. The van der Waals surface area contributed by atoms with Gasteiger partial charge in [-0.25, -0.2) is 4.79 Å². The van der Waals surface area contributed by atoms with E-state index in [0.29, 0.717) is 24.0 Å². The average molecular weight is 1060 g/mol. The summed E-state index contributed by atoms with van der Waals surface area (Å²) in [5.74, 6) is -14.9. The molecule has 28 heteroatoms. The van der Waals surface area contributed by atoms with Gasteiger partial charge in [0.15, 0.2) is 0 Å². The number of carboxylic acids is 3. The van der Waals surface area contributed by atoms with Gasteiger partial charge in [0.05, 0.1) is 25.9 Å². The van der Waals surface area contributed by atoms with Crippen molar-refractivity contribution in [2.75, 3.05) is 19.6 Å². The summed E-state index contributed by atoms with van der Waals surface area (Å²) in [6, 6.07) is -0.245. The van der Waals surface area contributed by atoms with Crippen LogP contribution < -0.4 is 59.7 Å². The molecule has 0 aliphatic rings. The molecular formula is C47H67N11O17. The van der Waals surface area contributed by atoms with Crippen molar-refractivity contribution in [3.63, 3.8) is 0 Å². The van der Waals surface area contributed by atoms with Gasteiger partial charge < -0.3 is 85.3 Å². The molecule has 8 atom stereocenters. The van der Waals surface area contributed by atoms with Gasteiger partial charge in [0.25, 0.3) is 0 Å². The number of rotatable bonds is 34. The average Bonchev–Trinajstić information content (AvgIpc) is 3.35. The predicted octanol–water partition coefficient (Wildman–Crippen LogP) is -4.17. The highest BCUT2D eigenvalue weighted by atomic mass is 16.4. The predicted molar refractivity (Wildman–Crippen MR) is 262 cm³/mol. The quantitative estimate of drug-likeness (QED) is 0.0296. The van der Waals surface area contributed by atoms with Crippen molar-refractivity contribution in [1.82, 2.24) is 42.5 Å². The first-order valence-corrected chi connectivity index (χ1v) is 23.7. The molecule has 2 aromatic rings. The molecule has 8 unspecified atom stereocenters. The van der Waals surface area contributed by atoms with E-state index in [2.05, 4.69) is 42.5 Å². The fraction of sp³-hybridized carbons (Fsp3) is 0.489. The Morgan fingerprint density at radius 3 is 1.43 bits per heavy atom. The van der Waals surface area contributed by atoms with Crippen LogP contribution in [0.15, 0.2) is 48.5 Å². The van der Waals surface area contributed by atoms with E-state index in [4.69, 9.17) is 17.2 Å². The summed E-state index contributed by atoms with van der Waals surface area (Å²) in [5, 5.41) is 66.7. The van der Waals surface area contributed by atoms with Gasteiger partial charge in [0.1, 0.15) is 53.8 Å². The molecule has 0 spiro atoms. The Morgan fingerprint density at radius 1 is 0.520 bits per heavy atom. The van der Waals surface area contributed by atoms with E-state index >= 15 is 0 Å². The molecule has 0 saturated heterocycles. The second-order valence-corrected chi connectivity index (χ2v) is 17.3. The Morgan fingerprint density at radius 2 is 0.960 bits per heavy atom. The Bertz CT molecular complexity index is 2340. The molecule has 9 amide bonds. The number of carboxylic acid groups (broad SMARTS) is 3. The first-order valence-electron chi connectivity index (χ1n) is 23.7. The Balaban J connectivity index is 2.31. The van der Waals surface area contributed by atoms with Crippen LogP contribution >= 0.6 is 0 Å². The van der Waals surface area contributed by atoms with Gasteiger partial charge >= 0.3 is 17.9 Å². The number of unbranched alkanes of at least 4 members (excludes halogenated alkanes) is 1. The zero-order valence-electron chi connectivity index (χ0n) is 41.3. The van der Waals surface area contributed by atoms with Crippen LogP contribution in [0.4, 0.5) is 0 Å². The smallest absolute Gasteiger partial charge is 0.326 e.